The second-order valence-corrected chi connectivity index (χ2v) is 13.2. The molecule has 4 aromatic carbocycles. The summed E-state index contributed by atoms with van der Waals surface area (Å²) in [6.07, 6.45) is 2.68. The number of aromatic amines is 1. The smallest absolute Gasteiger partial charge is 0.407 e. The van der Waals surface area contributed by atoms with Gasteiger partial charge < -0.3 is 34.5 Å². The molecule has 51 heavy (non-hydrogen) atoms. The highest BCUT2D eigenvalue weighted by atomic mass is 16.7. The van der Waals surface area contributed by atoms with E-state index in [1.807, 2.05) is 89.5 Å². The summed E-state index contributed by atoms with van der Waals surface area (Å²) in [5, 5.41) is 12.4. The van der Waals surface area contributed by atoms with Crippen molar-refractivity contribution >= 4 is 17.1 Å². The monoisotopic (exact) mass is 688 g/mol. The number of benzene rings is 4. The Balaban J connectivity index is 1.05. The number of nitrogens with zero attached hydrogens (tertiary/aromatic N) is 2. The molecule has 0 saturated carbocycles. The van der Waals surface area contributed by atoms with E-state index in [2.05, 4.69) is 33.9 Å². The summed E-state index contributed by atoms with van der Waals surface area (Å²) < 4.78 is 20.3. The summed E-state index contributed by atoms with van der Waals surface area (Å²) in [7, 11) is 0. The lowest BCUT2D eigenvalue weighted by molar-refractivity contribution is -0.253. The van der Waals surface area contributed by atoms with Gasteiger partial charge in [-0.3, -0.25) is 4.57 Å². The number of ether oxygens (including phenoxy) is 3. The Labute approximate surface area is 297 Å². The largest absolute Gasteiger partial charge is 0.445 e. The Kier molecular flexibility index (Phi) is 10.7. The van der Waals surface area contributed by atoms with E-state index < -0.39 is 12.4 Å². The Morgan fingerprint density at radius 2 is 1.67 bits per heavy atom. The van der Waals surface area contributed by atoms with E-state index in [0.717, 1.165) is 76.9 Å². The number of piperidine rings is 1. The van der Waals surface area contributed by atoms with Crippen molar-refractivity contribution in [2.75, 3.05) is 26.2 Å². The quantitative estimate of drug-likeness (QED) is 0.131. The average molecular weight is 689 g/mol. The average Bonchev–Trinajstić information content (AvgIpc) is 3.52. The van der Waals surface area contributed by atoms with Crippen molar-refractivity contribution in [2.24, 2.45) is 0 Å². The van der Waals surface area contributed by atoms with Crippen LogP contribution in [0.1, 0.15) is 60.0 Å². The van der Waals surface area contributed by atoms with Crippen molar-refractivity contribution in [3.05, 3.63) is 142 Å². The molecule has 0 bridgehead atoms. The minimum atomic E-state index is -0.570. The lowest BCUT2D eigenvalue weighted by Crippen LogP contribution is -2.43. The Morgan fingerprint density at radius 3 is 2.43 bits per heavy atom. The van der Waals surface area contributed by atoms with Crippen molar-refractivity contribution in [1.29, 1.82) is 0 Å². The lowest BCUT2D eigenvalue weighted by Gasteiger charge is -2.40. The summed E-state index contributed by atoms with van der Waals surface area (Å²) >= 11 is 0. The minimum Gasteiger partial charge on any atom is -0.445 e. The molecule has 7 rings (SSSR count). The number of aromatic nitrogens is 2. The van der Waals surface area contributed by atoms with Crippen LogP contribution in [-0.2, 0) is 27.4 Å². The van der Waals surface area contributed by atoms with Gasteiger partial charge in [0, 0.05) is 44.2 Å². The predicted molar refractivity (Wildman–Crippen MR) is 196 cm³/mol. The summed E-state index contributed by atoms with van der Waals surface area (Å²) in [5.41, 5.74) is 7.60. The fraction of sp³-hybridized carbons (Fsp3) is 0.317. The third-order valence-electron chi connectivity index (χ3n) is 9.89. The van der Waals surface area contributed by atoms with Crippen LogP contribution in [0.2, 0.25) is 0 Å². The summed E-state index contributed by atoms with van der Waals surface area (Å²) in [6.45, 7) is 6.55. The fourth-order valence-electron chi connectivity index (χ4n) is 7.25. The molecular formula is C41H44N4O6. The number of nitrogens with one attached hydrogen (secondary N) is 2. The molecule has 264 valence electrons. The number of alkyl carbamates (subject to hydrolysis) is 1. The van der Waals surface area contributed by atoms with Gasteiger partial charge in [0.2, 0.25) is 0 Å². The van der Waals surface area contributed by atoms with E-state index in [1.165, 1.54) is 6.08 Å². The number of imidazole rings is 1. The SMILES string of the molecule is C=CCOC(=O)NCc1ccccc1-c1ccc([C@@H]2O[C@H](CN3CCC(n4c(=O)[nH]c5ccccc54)CC3)C[C@H](c3ccc(CO)cc3)O2)cc1. The topological polar surface area (TPSA) is 118 Å². The van der Waals surface area contributed by atoms with E-state index in [1.54, 1.807) is 0 Å². The zero-order valence-electron chi connectivity index (χ0n) is 28.6. The van der Waals surface area contributed by atoms with Gasteiger partial charge >= 0.3 is 11.8 Å². The van der Waals surface area contributed by atoms with E-state index >= 15 is 0 Å². The molecule has 1 aromatic heterocycles. The Hall–Kier alpha value is -5.00. The molecule has 3 atom stereocenters. The molecule has 2 aliphatic heterocycles. The zero-order valence-corrected chi connectivity index (χ0v) is 28.6. The van der Waals surface area contributed by atoms with Crippen molar-refractivity contribution < 1.29 is 24.1 Å². The molecule has 5 aromatic rings. The van der Waals surface area contributed by atoms with Gasteiger partial charge in [-0.25, -0.2) is 9.59 Å². The molecule has 0 radical (unpaired) electrons. The highest BCUT2D eigenvalue weighted by Crippen LogP contribution is 2.39. The summed E-state index contributed by atoms with van der Waals surface area (Å²) in [6, 6.07) is 32.1. The number of aliphatic hydroxyl groups is 1. The molecule has 10 heteroatoms. The minimum absolute atomic E-state index is 0.00821. The molecule has 0 unspecified atom stereocenters. The van der Waals surface area contributed by atoms with Gasteiger partial charge in [-0.2, -0.15) is 0 Å². The van der Waals surface area contributed by atoms with Crippen LogP contribution in [0.25, 0.3) is 22.2 Å². The van der Waals surface area contributed by atoms with E-state index in [9.17, 15) is 14.7 Å². The lowest BCUT2D eigenvalue weighted by atomic mass is 9.97. The second-order valence-electron chi connectivity index (χ2n) is 13.2. The van der Waals surface area contributed by atoms with Crippen LogP contribution in [0.5, 0.6) is 0 Å². The molecule has 3 N–H and O–H groups in total. The fourth-order valence-corrected chi connectivity index (χ4v) is 7.25. The molecule has 2 aliphatic rings. The molecule has 2 saturated heterocycles. The highest BCUT2D eigenvalue weighted by Gasteiger charge is 2.34. The molecular weight excluding hydrogens is 644 g/mol. The Morgan fingerprint density at radius 1 is 0.941 bits per heavy atom. The molecule has 3 heterocycles. The number of likely N-dealkylation sites (tertiary alicyclic amines) is 1. The van der Waals surface area contributed by atoms with E-state index in [4.69, 9.17) is 14.2 Å². The number of carbonyl (C=O) groups excluding carboxylic acids is 1. The third-order valence-corrected chi connectivity index (χ3v) is 9.89. The van der Waals surface area contributed by atoms with Crippen LogP contribution in [0.3, 0.4) is 0 Å². The van der Waals surface area contributed by atoms with Gasteiger partial charge in [-0.1, -0.05) is 97.6 Å². The first kappa shape index (κ1) is 34.4. The van der Waals surface area contributed by atoms with Crippen LogP contribution < -0.4 is 11.0 Å². The predicted octanol–water partition coefficient (Wildman–Crippen LogP) is 6.78. The zero-order chi connectivity index (χ0) is 35.2. The number of amides is 1. The maximum atomic E-state index is 12.8. The van der Waals surface area contributed by atoms with Gasteiger partial charge in [0.25, 0.3) is 0 Å². The molecule has 10 nitrogen and oxygen atoms in total. The number of carbonyl (C=O) groups is 1. The first-order valence-corrected chi connectivity index (χ1v) is 17.6. The van der Waals surface area contributed by atoms with Crippen molar-refractivity contribution in [1.82, 2.24) is 19.8 Å². The van der Waals surface area contributed by atoms with Crippen LogP contribution in [0.15, 0.2) is 115 Å². The van der Waals surface area contributed by atoms with Crippen LogP contribution in [0.4, 0.5) is 4.79 Å². The maximum Gasteiger partial charge on any atom is 0.407 e. The molecule has 1 amide bonds. The number of hydrogen-bond acceptors (Lipinski definition) is 7. The molecule has 0 aliphatic carbocycles. The van der Waals surface area contributed by atoms with E-state index in [0.29, 0.717) is 13.0 Å². The first-order valence-electron chi connectivity index (χ1n) is 17.6. The van der Waals surface area contributed by atoms with Crippen molar-refractivity contribution in [3.63, 3.8) is 0 Å². The maximum absolute atomic E-state index is 12.8. The summed E-state index contributed by atoms with van der Waals surface area (Å²) in [4.78, 5) is 30.3. The number of para-hydroxylation sites is 2. The standard InChI is InChI=1S/C41H44N4O6/c1-2-23-49-41(48)42-25-32-7-3-4-8-35(32)29-15-17-31(18-16-29)39-50-34(24-38(51-39)30-13-11-28(27-46)12-14-30)26-44-21-19-33(20-22-44)45-37-10-6-5-9-36(37)43-40(45)47/h2-18,33-34,38-39,46H,1,19-27H2,(H,42,48)(H,43,47)/t34-,38+,39+/m0/s1. The second kappa shape index (κ2) is 15.9. The third kappa shape index (κ3) is 8.00. The normalized spacial score (nSPS) is 19.9. The van der Waals surface area contributed by atoms with Crippen LogP contribution in [0, 0.1) is 0 Å². The van der Waals surface area contributed by atoms with Gasteiger partial charge in [-0.05, 0) is 52.8 Å². The highest BCUT2D eigenvalue weighted by molar-refractivity contribution is 5.75. The van der Waals surface area contributed by atoms with Crippen LogP contribution >= 0.6 is 0 Å². The molecule has 0 spiro atoms. The van der Waals surface area contributed by atoms with Crippen molar-refractivity contribution in [2.45, 2.75) is 57.0 Å². The van der Waals surface area contributed by atoms with Gasteiger partial charge in [-0.15, -0.1) is 0 Å². The Bertz CT molecular complexity index is 2000. The van der Waals surface area contributed by atoms with Crippen LogP contribution in [-0.4, -0.2) is 58.0 Å². The van der Waals surface area contributed by atoms with Gasteiger partial charge in [0.15, 0.2) is 6.29 Å². The van der Waals surface area contributed by atoms with Crippen molar-refractivity contribution in [3.8, 4) is 11.1 Å². The number of hydrogen-bond donors (Lipinski definition) is 3. The number of fused-ring (bicyclic) bond motifs is 1. The summed E-state index contributed by atoms with van der Waals surface area (Å²) in [5.74, 6) is 0. The number of rotatable bonds is 11. The van der Waals surface area contributed by atoms with Gasteiger partial charge in [0.1, 0.15) is 6.61 Å². The number of aliphatic hydroxyl groups excluding tert-OH is 1. The number of H-pyrrole nitrogens is 1. The molecule has 2 fully saturated rings. The van der Waals surface area contributed by atoms with E-state index in [-0.39, 0.29) is 37.2 Å². The first-order chi connectivity index (χ1) is 25.0. The van der Waals surface area contributed by atoms with Gasteiger partial charge in [0.05, 0.1) is 29.8 Å².